The lowest BCUT2D eigenvalue weighted by atomic mass is 10.2. The molecule has 4 aromatic rings. The van der Waals surface area contributed by atoms with Crippen LogP contribution in [0.25, 0.3) is 26.1 Å². The normalized spacial score (nSPS) is 11.3. The van der Waals surface area contributed by atoms with E-state index in [-0.39, 0.29) is 22.8 Å². The number of nitrogens with zero attached hydrogens (tertiary/aromatic N) is 4. The Morgan fingerprint density at radius 3 is 2.57 bits per heavy atom. The molecule has 0 radical (unpaired) electrons. The van der Waals surface area contributed by atoms with E-state index in [1.165, 1.54) is 22.8 Å². The van der Waals surface area contributed by atoms with Crippen LogP contribution >= 0.6 is 11.3 Å². The van der Waals surface area contributed by atoms with Gasteiger partial charge in [0.25, 0.3) is 5.56 Å². The van der Waals surface area contributed by atoms with Crippen LogP contribution in [-0.2, 0) is 11.3 Å². The van der Waals surface area contributed by atoms with Crippen molar-refractivity contribution < 1.29 is 9.18 Å². The number of fused-ring (bicyclic) bond motifs is 3. The molecule has 9 heteroatoms. The molecule has 7 nitrogen and oxygen atoms in total. The quantitative estimate of drug-likeness (QED) is 0.492. The van der Waals surface area contributed by atoms with Gasteiger partial charge in [0.1, 0.15) is 21.9 Å². The van der Waals surface area contributed by atoms with Gasteiger partial charge in [-0.2, -0.15) is 0 Å². The average Bonchev–Trinajstić information content (AvgIpc) is 3.13. The Kier molecular flexibility index (Phi) is 5.21. The second-order valence-electron chi connectivity index (χ2n) is 6.66. The molecule has 0 aliphatic carbocycles. The van der Waals surface area contributed by atoms with Gasteiger partial charge in [-0.1, -0.05) is 12.1 Å². The minimum absolute atomic E-state index is 0.149. The molecule has 0 aliphatic rings. The first kappa shape index (κ1) is 20.0. The van der Waals surface area contributed by atoms with Crippen molar-refractivity contribution in [3.63, 3.8) is 0 Å². The van der Waals surface area contributed by atoms with Crippen LogP contribution in [0, 0.1) is 5.82 Å². The van der Waals surface area contributed by atoms with Crippen molar-refractivity contribution in [1.29, 1.82) is 0 Å². The maximum Gasteiger partial charge on any atom is 0.336 e. The van der Waals surface area contributed by atoms with Gasteiger partial charge in [0.05, 0.1) is 11.2 Å². The molecule has 4 rings (SSSR count). The fraction of sp³-hybridized carbons (Fsp3) is 0.238. The summed E-state index contributed by atoms with van der Waals surface area (Å²) in [5, 5.41) is 0.611. The fourth-order valence-corrected chi connectivity index (χ4v) is 4.62. The van der Waals surface area contributed by atoms with Gasteiger partial charge < -0.3 is 4.90 Å². The Bertz CT molecular complexity index is 1380. The van der Waals surface area contributed by atoms with Crippen LogP contribution < -0.4 is 11.2 Å². The molecule has 3 heterocycles. The minimum atomic E-state index is -0.762. The number of hydrogen-bond donors (Lipinski definition) is 0. The minimum Gasteiger partial charge on any atom is -0.342 e. The summed E-state index contributed by atoms with van der Waals surface area (Å²) in [6.45, 7) is 4.43. The van der Waals surface area contributed by atoms with Gasteiger partial charge in [0.15, 0.2) is 0 Å². The first-order valence-electron chi connectivity index (χ1n) is 9.53. The maximum atomic E-state index is 14.5. The summed E-state index contributed by atoms with van der Waals surface area (Å²) in [4.78, 5) is 45.9. The second kappa shape index (κ2) is 7.83. The number of carbonyl (C=O) groups is 1. The zero-order valence-electron chi connectivity index (χ0n) is 16.5. The van der Waals surface area contributed by atoms with Gasteiger partial charge in [-0.25, -0.2) is 18.7 Å². The molecule has 154 valence electrons. The summed E-state index contributed by atoms with van der Waals surface area (Å²) in [6, 6.07) is 9.04. The third kappa shape index (κ3) is 3.11. The van der Waals surface area contributed by atoms with E-state index >= 15 is 0 Å². The largest absolute Gasteiger partial charge is 0.342 e. The number of halogens is 1. The number of rotatable bonds is 5. The molecule has 0 N–H and O–H groups in total. The molecule has 0 saturated heterocycles. The standard InChI is InChI=1S/C21H19FN4O3S/c1-3-24(4-2)16(27)12-25-17-13-8-7-11-23-19(13)30-18(17)20(28)26(21(25)29)15-10-6-5-9-14(15)22/h5-11H,3-4,12H2,1-2H3. The molecule has 0 fully saturated rings. The lowest BCUT2D eigenvalue weighted by Crippen LogP contribution is -2.42. The van der Waals surface area contributed by atoms with E-state index < -0.39 is 17.1 Å². The van der Waals surface area contributed by atoms with E-state index in [1.807, 2.05) is 13.8 Å². The van der Waals surface area contributed by atoms with E-state index in [2.05, 4.69) is 4.98 Å². The van der Waals surface area contributed by atoms with Crippen molar-refractivity contribution >= 4 is 37.7 Å². The number of likely N-dealkylation sites (N-methyl/N-ethyl adjacent to an activating group) is 1. The Labute approximate surface area is 174 Å². The van der Waals surface area contributed by atoms with Crippen LogP contribution in [0.1, 0.15) is 13.8 Å². The van der Waals surface area contributed by atoms with E-state index in [0.717, 1.165) is 15.9 Å². The number of amides is 1. The third-order valence-electron chi connectivity index (χ3n) is 5.03. The zero-order valence-corrected chi connectivity index (χ0v) is 17.3. The second-order valence-corrected chi connectivity index (χ2v) is 7.66. The molecule has 0 saturated carbocycles. The van der Waals surface area contributed by atoms with Crippen molar-refractivity contribution in [3.8, 4) is 5.69 Å². The lowest BCUT2D eigenvalue weighted by molar-refractivity contribution is -0.131. The first-order valence-corrected chi connectivity index (χ1v) is 10.3. The van der Waals surface area contributed by atoms with Crippen LogP contribution in [-0.4, -0.2) is 38.0 Å². The van der Waals surface area contributed by atoms with Gasteiger partial charge in [0, 0.05) is 24.7 Å². The highest BCUT2D eigenvalue weighted by Crippen LogP contribution is 2.29. The Morgan fingerprint density at radius 1 is 1.13 bits per heavy atom. The smallest absolute Gasteiger partial charge is 0.336 e. The number of para-hydroxylation sites is 1. The molecule has 1 aromatic carbocycles. The summed E-state index contributed by atoms with van der Waals surface area (Å²) in [6.07, 6.45) is 1.59. The molecular formula is C21H19FN4O3S. The molecule has 0 spiro atoms. The van der Waals surface area contributed by atoms with Crippen molar-refractivity contribution in [2.24, 2.45) is 0 Å². The highest BCUT2D eigenvalue weighted by atomic mass is 32.1. The first-order chi connectivity index (χ1) is 14.5. The van der Waals surface area contributed by atoms with Crippen LogP contribution in [0.4, 0.5) is 4.39 Å². The zero-order chi connectivity index (χ0) is 21.4. The van der Waals surface area contributed by atoms with Gasteiger partial charge in [-0.3, -0.25) is 14.2 Å². The summed E-state index contributed by atoms with van der Waals surface area (Å²) in [7, 11) is 0. The number of aromatic nitrogens is 3. The third-order valence-corrected chi connectivity index (χ3v) is 6.12. The van der Waals surface area contributed by atoms with Crippen LogP contribution in [0.2, 0.25) is 0 Å². The summed E-state index contributed by atoms with van der Waals surface area (Å²) >= 11 is 1.12. The van der Waals surface area contributed by atoms with Crippen LogP contribution in [0.15, 0.2) is 52.2 Å². The number of carbonyl (C=O) groups excluding carboxylic acids is 1. The maximum absolute atomic E-state index is 14.5. The van der Waals surface area contributed by atoms with Gasteiger partial charge in [0.2, 0.25) is 5.91 Å². The van der Waals surface area contributed by atoms with Crippen LogP contribution in [0.3, 0.4) is 0 Å². The van der Waals surface area contributed by atoms with E-state index in [9.17, 15) is 18.8 Å². The monoisotopic (exact) mass is 426 g/mol. The molecule has 0 unspecified atom stereocenters. The summed E-state index contributed by atoms with van der Waals surface area (Å²) in [5.41, 5.74) is -1.19. The molecule has 30 heavy (non-hydrogen) atoms. The Balaban J connectivity index is 2.10. The predicted molar refractivity (Wildman–Crippen MR) is 115 cm³/mol. The topological polar surface area (TPSA) is 77.2 Å². The fourth-order valence-electron chi connectivity index (χ4n) is 3.54. The number of pyridine rings is 1. The van der Waals surface area contributed by atoms with E-state index in [0.29, 0.717) is 28.8 Å². The molecule has 0 aliphatic heterocycles. The molecule has 3 aromatic heterocycles. The van der Waals surface area contributed by atoms with Gasteiger partial charge in [-0.15, -0.1) is 11.3 Å². The van der Waals surface area contributed by atoms with Crippen molar-refractivity contribution in [2.45, 2.75) is 20.4 Å². The molecule has 0 bridgehead atoms. The highest BCUT2D eigenvalue weighted by Gasteiger charge is 2.23. The molecular weight excluding hydrogens is 407 g/mol. The Hall–Kier alpha value is -3.33. The number of thiophene rings is 1. The SMILES string of the molecule is CCN(CC)C(=O)Cn1c(=O)n(-c2ccccc2F)c(=O)c2sc3ncccc3c21. The molecule has 0 atom stereocenters. The average molecular weight is 426 g/mol. The number of benzene rings is 1. The predicted octanol–water partition coefficient (Wildman–Crippen LogP) is 2.77. The highest BCUT2D eigenvalue weighted by molar-refractivity contribution is 7.25. The summed E-state index contributed by atoms with van der Waals surface area (Å²) in [5.74, 6) is -0.956. The number of hydrogen-bond acceptors (Lipinski definition) is 5. The lowest BCUT2D eigenvalue weighted by Gasteiger charge is -2.20. The van der Waals surface area contributed by atoms with Crippen LogP contribution in [0.5, 0.6) is 0 Å². The van der Waals surface area contributed by atoms with Gasteiger partial charge >= 0.3 is 5.69 Å². The molecule has 1 amide bonds. The van der Waals surface area contributed by atoms with Crippen molar-refractivity contribution in [3.05, 3.63) is 69.3 Å². The van der Waals surface area contributed by atoms with E-state index in [1.54, 1.807) is 29.3 Å². The van der Waals surface area contributed by atoms with Gasteiger partial charge in [-0.05, 0) is 38.1 Å². The van der Waals surface area contributed by atoms with Crippen molar-refractivity contribution in [1.82, 2.24) is 19.0 Å². The summed E-state index contributed by atoms with van der Waals surface area (Å²) < 4.78 is 16.8. The van der Waals surface area contributed by atoms with Crippen molar-refractivity contribution in [2.75, 3.05) is 13.1 Å². The van der Waals surface area contributed by atoms with E-state index in [4.69, 9.17) is 0 Å². The Morgan fingerprint density at radius 2 is 1.87 bits per heavy atom.